The Balaban J connectivity index is 2.02. The van der Waals surface area contributed by atoms with E-state index in [-0.39, 0.29) is 12.5 Å². The number of benzene rings is 2. The van der Waals surface area contributed by atoms with Crippen LogP contribution in [0.1, 0.15) is 27.6 Å². The molecule has 0 saturated heterocycles. The molecule has 0 aliphatic rings. The van der Waals surface area contributed by atoms with Crippen molar-refractivity contribution in [3.05, 3.63) is 62.5 Å². The highest BCUT2D eigenvalue weighted by atomic mass is 127. The fourth-order valence-corrected chi connectivity index (χ4v) is 4.37. The third kappa shape index (κ3) is 4.76. The molecule has 0 aliphatic carbocycles. The zero-order valence-corrected chi connectivity index (χ0v) is 19.6. The molecule has 156 valence electrons. The van der Waals surface area contributed by atoms with Crippen molar-refractivity contribution in [1.29, 1.82) is 0 Å². The molecule has 0 aliphatic heterocycles. The van der Waals surface area contributed by atoms with E-state index in [1.165, 1.54) is 11.3 Å². The molecule has 2 aromatic carbocycles. The Morgan fingerprint density at radius 2 is 1.83 bits per heavy atom. The number of hydrogen-bond donors (Lipinski definition) is 1. The number of ether oxygens (including phenoxy) is 3. The smallest absolute Gasteiger partial charge is 0.341 e. The average molecular weight is 537 g/mol. The summed E-state index contributed by atoms with van der Waals surface area (Å²) in [4.78, 5) is 25.5. The molecule has 30 heavy (non-hydrogen) atoms. The van der Waals surface area contributed by atoms with Gasteiger partial charge < -0.3 is 19.5 Å². The van der Waals surface area contributed by atoms with Crippen LogP contribution in [0.2, 0.25) is 0 Å². The molecule has 0 saturated carbocycles. The molecule has 3 aromatic rings. The molecule has 8 heteroatoms. The number of carbonyl (C=O) groups excluding carboxylic acids is 2. The Morgan fingerprint density at radius 1 is 1.07 bits per heavy atom. The van der Waals surface area contributed by atoms with E-state index in [9.17, 15) is 9.59 Å². The first kappa shape index (κ1) is 22.1. The first-order chi connectivity index (χ1) is 14.5. The number of thiophene rings is 1. The van der Waals surface area contributed by atoms with Crippen molar-refractivity contribution in [3.8, 4) is 22.6 Å². The van der Waals surface area contributed by atoms with Crippen LogP contribution in [-0.4, -0.2) is 32.7 Å². The number of nitrogens with one attached hydrogen (secondary N) is 1. The van der Waals surface area contributed by atoms with E-state index < -0.39 is 5.97 Å². The van der Waals surface area contributed by atoms with Gasteiger partial charge in [-0.15, -0.1) is 11.3 Å². The predicted octanol–water partition coefficient (Wildman–Crippen LogP) is 5.47. The Labute approximate surface area is 192 Å². The lowest BCUT2D eigenvalue weighted by molar-refractivity contribution is 0.0529. The second kappa shape index (κ2) is 9.94. The summed E-state index contributed by atoms with van der Waals surface area (Å²) in [5.41, 5.74) is 2.23. The standard InChI is InChI=1S/C22H20INO5S/c1-4-29-22(26)19-16(13-8-9-17(27-2)18(11-13)28-3)12-30-21(19)24-20(25)14-6-5-7-15(23)10-14/h5-12H,4H2,1-3H3,(H,24,25). The molecule has 3 rings (SSSR count). The van der Waals surface area contributed by atoms with Gasteiger partial charge in [0.1, 0.15) is 10.6 Å². The van der Waals surface area contributed by atoms with Gasteiger partial charge in [-0.3, -0.25) is 4.79 Å². The fourth-order valence-electron chi connectivity index (χ4n) is 2.88. The monoisotopic (exact) mass is 537 g/mol. The lowest BCUT2D eigenvalue weighted by Crippen LogP contribution is -2.15. The Hall–Kier alpha value is -2.59. The van der Waals surface area contributed by atoms with Crippen LogP contribution >= 0.6 is 33.9 Å². The van der Waals surface area contributed by atoms with Crippen LogP contribution in [0.5, 0.6) is 11.5 Å². The molecule has 0 unspecified atom stereocenters. The van der Waals surface area contributed by atoms with Crippen LogP contribution in [0.15, 0.2) is 47.8 Å². The Morgan fingerprint density at radius 3 is 2.50 bits per heavy atom. The summed E-state index contributed by atoms with van der Waals surface area (Å²) in [5, 5.41) is 5.10. The maximum atomic E-state index is 12.7. The van der Waals surface area contributed by atoms with Crippen LogP contribution in [0.4, 0.5) is 5.00 Å². The van der Waals surface area contributed by atoms with Crippen molar-refractivity contribution < 1.29 is 23.8 Å². The number of amides is 1. The molecule has 1 N–H and O–H groups in total. The van der Waals surface area contributed by atoms with Gasteiger partial charge in [-0.1, -0.05) is 12.1 Å². The van der Waals surface area contributed by atoms with Crippen LogP contribution < -0.4 is 14.8 Å². The number of esters is 1. The molecule has 6 nitrogen and oxygen atoms in total. The number of rotatable bonds is 7. The van der Waals surface area contributed by atoms with Crippen LogP contribution in [-0.2, 0) is 4.74 Å². The van der Waals surface area contributed by atoms with Gasteiger partial charge in [0, 0.05) is 20.1 Å². The van der Waals surface area contributed by atoms with Crippen molar-refractivity contribution in [1.82, 2.24) is 0 Å². The highest BCUT2D eigenvalue weighted by Gasteiger charge is 2.24. The number of hydrogen-bond acceptors (Lipinski definition) is 6. The normalized spacial score (nSPS) is 10.4. The van der Waals surface area contributed by atoms with Gasteiger partial charge in [0.05, 0.1) is 20.8 Å². The molecular weight excluding hydrogens is 517 g/mol. The quantitative estimate of drug-likeness (QED) is 0.320. The van der Waals surface area contributed by atoms with Crippen molar-refractivity contribution in [2.45, 2.75) is 6.92 Å². The summed E-state index contributed by atoms with van der Waals surface area (Å²) in [6.45, 7) is 1.97. The SMILES string of the molecule is CCOC(=O)c1c(-c2ccc(OC)c(OC)c2)csc1NC(=O)c1cccc(I)c1. The topological polar surface area (TPSA) is 73.9 Å². The number of methoxy groups -OCH3 is 2. The first-order valence-electron chi connectivity index (χ1n) is 9.06. The number of halogens is 1. The molecule has 1 aromatic heterocycles. The summed E-state index contributed by atoms with van der Waals surface area (Å²) < 4.78 is 16.9. The molecule has 0 spiro atoms. The van der Waals surface area contributed by atoms with Gasteiger partial charge >= 0.3 is 5.97 Å². The van der Waals surface area contributed by atoms with Crippen LogP contribution in [0.25, 0.3) is 11.1 Å². The second-order valence-electron chi connectivity index (χ2n) is 6.11. The highest BCUT2D eigenvalue weighted by molar-refractivity contribution is 14.1. The van der Waals surface area contributed by atoms with E-state index in [0.29, 0.717) is 33.2 Å². The number of anilines is 1. The molecule has 1 amide bonds. The van der Waals surface area contributed by atoms with Crippen molar-refractivity contribution >= 4 is 50.8 Å². The molecule has 0 fully saturated rings. The summed E-state index contributed by atoms with van der Waals surface area (Å²) in [6, 6.07) is 12.6. The van der Waals surface area contributed by atoms with Gasteiger partial charge in [-0.2, -0.15) is 0 Å². The molecular formula is C22H20INO5S. The molecule has 0 radical (unpaired) electrons. The second-order valence-corrected chi connectivity index (χ2v) is 8.23. The zero-order chi connectivity index (χ0) is 21.7. The van der Waals surface area contributed by atoms with Crippen LogP contribution in [0, 0.1) is 3.57 Å². The van der Waals surface area contributed by atoms with E-state index >= 15 is 0 Å². The van der Waals surface area contributed by atoms with E-state index in [1.54, 1.807) is 45.4 Å². The maximum Gasteiger partial charge on any atom is 0.341 e. The maximum absolute atomic E-state index is 12.7. The van der Waals surface area contributed by atoms with E-state index in [4.69, 9.17) is 14.2 Å². The van der Waals surface area contributed by atoms with Crippen molar-refractivity contribution in [2.24, 2.45) is 0 Å². The highest BCUT2D eigenvalue weighted by Crippen LogP contribution is 2.39. The predicted molar refractivity (Wildman–Crippen MR) is 126 cm³/mol. The van der Waals surface area contributed by atoms with Crippen molar-refractivity contribution in [3.63, 3.8) is 0 Å². The minimum atomic E-state index is -0.499. The van der Waals surface area contributed by atoms with E-state index in [2.05, 4.69) is 27.9 Å². The zero-order valence-electron chi connectivity index (χ0n) is 16.7. The summed E-state index contributed by atoms with van der Waals surface area (Å²) >= 11 is 3.42. The third-order valence-corrected chi connectivity index (χ3v) is 5.85. The number of carbonyl (C=O) groups is 2. The van der Waals surface area contributed by atoms with Gasteiger partial charge in [-0.25, -0.2) is 4.79 Å². The Kier molecular flexibility index (Phi) is 7.33. The minimum absolute atomic E-state index is 0.227. The van der Waals surface area contributed by atoms with E-state index in [1.807, 2.05) is 23.6 Å². The summed E-state index contributed by atoms with van der Waals surface area (Å²) in [7, 11) is 3.11. The Bertz CT molecular complexity index is 1080. The molecule has 1 heterocycles. The van der Waals surface area contributed by atoms with Crippen LogP contribution in [0.3, 0.4) is 0 Å². The third-order valence-electron chi connectivity index (χ3n) is 4.28. The molecule has 0 atom stereocenters. The largest absolute Gasteiger partial charge is 0.493 e. The lowest BCUT2D eigenvalue weighted by atomic mass is 10.0. The molecule has 0 bridgehead atoms. The summed E-state index contributed by atoms with van der Waals surface area (Å²) in [6.07, 6.45) is 0. The van der Waals surface area contributed by atoms with E-state index in [0.717, 1.165) is 9.13 Å². The van der Waals surface area contributed by atoms with Gasteiger partial charge in [-0.05, 0) is 65.4 Å². The summed E-state index contributed by atoms with van der Waals surface area (Å²) in [5.74, 6) is 0.336. The van der Waals surface area contributed by atoms with Gasteiger partial charge in [0.2, 0.25) is 0 Å². The lowest BCUT2D eigenvalue weighted by Gasteiger charge is -2.11. The first-order valence-corrected chi connectivity index (χ1v) is 11.0. The average Bonchev–Trinajstić information content (AvgIpc) is 3.16. The fraction of sp³-hybridized carbons (Fsp3) is 0.182. The van der Waals surface area contributed by atoms with Crippen molar-refractivity contribution in [2.75, 3.05) is 26.1 Å². The van der Waals surface area contributed by atoms with Gasteiger partial charge in [0.25, 0.3) is 5.91 Å². The van der Waals surface area contributed by atoms with Gasteiger partial charge in [0.15, 0.2) is 11.5 Å². The minimum Gasteiger partial charge on any atom is -0.493 e.